The van der Waals surface area contributed by atoms with Crippen LogP contribution in [0.2, 0.25) is 0 Å². The molecule has 0 bridgehead atoms. The van der Waals surface area contributed by atoms with Crippen molar-refractivity contribution in [1.29, 1.82) is 0 Å². The summed E-state index contributed by atoms with van der Waals surface area (Å²) in [7, 11) is -0.496. The van der Waals surface area contributed by atoms with Crippen molar-refractivity contribution in [3.05, 3.63) is 60.4 Å². The van der Waals surface area contributed by atoms with Crippen molar-refractivity contribution in [2.24, 2.45) is 0 Å². The number of benzene rings is 2. The summed E-state index contributed by atoms with van der Waals surface area (Å²) in [5, 5.41) is 2.49. The van der Waals surface area contributed by atoms with Crippen LogP contribution in [0.5, 0.6) is 0 Å². The van der Waals surface area contributed by atoms with Crippen LogP contribution in [-0.2, 0) is 0 Å². The molecule has 0 saturated heterocycles. The third kappa shape index (κ3) is 2.30. The van der Waals surface area contributed by atoms with Gasteiger partial charge in [-0.1, -0.05) is 52.8 Å². The van der Waals surface area contributed by atoms with Gasteiger partial charge in [-0.3, -0.25) is 0 Å². The molecule has 0 unspecified atom stereocenters. The van der Waals surface area contributed by atoms with Gasteiger partial charge in [0.15, 0.2) is 0 Å². The van der Waals surface area contributed by atoms with Crippen molar-refractivity contribution in [3.8, 4) is 0 Å². The highest BCUT2D eigenvalue weighted by Crippen LogP contribution is 1.92. The van der Waals surface area contributed by atoms with E-state index >= 15 is 0 Å². The second kappa shape index (κ2) is 4.20. The van der Waals surface area contributed by atoms with E-state index in [4.69, 9.17) is 0 Å². The minimum Gasteiger partial charge on any atom is -0.207 e. The molecule has 0 radical (unpaired) electrons. The molecule has 0 aromatic heterocycles. The smallest absolute Gasteiger partial charge is 0.123 e. The number of halogens is 1. The van der Waals surface area contributed by atoms with E-state index < -0.39 is 9.52 Å². The summed E-state index contributed by atoms with van der Waals surface area (Å²) in [5.41, 5.74) is 0. The van der Waals surface area contributed by atoms with Gasteiger partial charge in [-0.15, -0.1) is 0 Å². The van der Waals surface area contributed by atoms with Gasteiger partial charge in [0.2, 0.25) is 0 Å². The number of hydrogen-bond acceptors (Lipinski definition) is 0. The normalized spacial score (nSPS) is 10.9. The minimum absolute atomic E-state index is 0.133. The second-order valence-corrected chi connectivity index (χ2v) is 5.28. The van der Waals surface area contributed by atoms with Gasteiger partial charge in [-0.2, -0.15) is 0 Å². The van der Waals surface area contributed by atoms with E-state index in [0.717, 1.165) is 5.19 Å². The van der Waals surface area contributed by atoms with E-state index in [-0.39, 0.29) is 5.82 Å². The summed E-state index contributed by atoms with van der Waals surface area (Å²) in [6, 6.07) is 17.2. The van der Waals surface area contributed by atoms with Crippen molar-refractivity contribution in [2.75, 3.05) is 0 Å². The third-order valence-electron chi connectivity index (χ3n) is 2.14. The van der Waals surface area contributed by atoms with E-state index in [1.165, 1.54) is 11.3 Å². The zero-order valence-corrected chi connectivity index (χ0v) is 9.20. The van der Waals surface area contributed by atoms with Crippen molar-refractivity contribution < 1.29 is 4.39 Å². The highest BCUT2D eigenvalue weighted by molar-refractivity contribution is 6.67. The first-order valence-electron chi connectivity index (χ1n) is 4.63. The van der Waals surface area contributed by atoms with Crippen LogP contribution >= 0.6 is 0 Å². The van der Waals surface area contributed by atoms with Gasteiger partial charge < -0.3 is 0 Å². The van der Waals surface area contributed by atoms with Crippen molar-refractivity contribution >= 4 is 19.9 Å². The third-order valence-corrected chi connectivity index (χ3v) is 3.87. The molecule has 70 valence electrons. The molecule has 0 aliphatic heterocycles. The fourth-order valence-electron chi connectivity index (χ4n) is 1.48. The maximum atomic E-state index is 12.9. The Bertz CT molecular complexity index is 412. The Morgan fingerprint density at radius 3 is 2.21 bits per heavy atom. The quantitative estimate of drug-likeness (QED) is 0.636. The number of hydrogen-bond donors (Lipinski definition) is 0. The molecule has 0 N–H and O–H groups in total. The monoisotopic (exact) mass is 202 g/mol. The van der Waals surface area contributed by atoms with E-state index in [1.807, 2.05) is 24.3 Å². The molecule has 2 heteroatoms. The summed E-state index contributed by atoms with van der Waals surface area (Å²) in [4.78, 5) is 0. The van der Waals surface area contributed by atoms with Crippen LogP contribution < -0.4 is 10.4 Å². The summed E-state index contributed by atoms with van der Waals surface area (Å²) >= 11 is 0. The van der Waals surface area contributed by atoms with Crippen molar-refractivity contribution in [1.82, 2.24) is 0 Å². The standard InChI is InChI=1S/C12H11FSi/c13-10-5-4-8-12(9-10)14-11-6-2-1-3-7-11/h1-9H,14H2. The predicted molar refractivity (Wildman–Crippen MR) is 60.7 cm³/mol. The summed E-state index contributed by atoms with van der Waals surface area (Å²) in [6.07, 6.45) is 0. The van der Waals surface area contributed by atoms with E-state index in [2.05, 4.69) is 12.1 Å². The van der Waals surface area contributed by atoms with Gasteiger partial charge in [0.25, 0.3) is 0 Å². The largest absolute Gasteiger partial charge is 0.207 e. The van der Waals surface area contributed by atoms with Gasteiger partial charge in [0.1, 0.15) is 5.82 Å². The molecule has 0 aliphatic rings. The average Bonchev–Trinajstić information content (AvgIpc) is 2.19. The average molecular weight is 202 g/mol. The van der Waals surface area contributed by atoms with Crippen LogP contribution in [0.1, 0.15) is 0 Å². The molecular weight excluding hydrogens is 191 g/mol. The Hall–Kier alpha value is -1.41. The molecule has 2 rings (SSSR count). The fourth-order valence-corrected chi connectivity index (χ4v) is 3.01. The lowest BCUT2D eigenvalue weighted by atomic mass is 10.3. The molecule has 0 atom stereocenters. The topological polar surface area (TPSA) is 0 Å². The zero-order chi connectivity index (χ0) is 9.80. The maximum absolute atomic E-state index is 12.9. The van der Waals surface area contributed by atoms with Crippen LogP contribution in [0, 0.1) is 5.82 Å². The lowest BCUT2D eigenvalue weighted by Gasteiger charge is -2.00. The lowest BCUT2D eigenvalue weighted by molar-refractivity contribution is 0.629. The molecule has 0 fully saturated rings. The van der Waals surface area contributed by atoms with Crippen LogP contribution in [0.15, 0.2) is 54.6 Å². The highest BCUT2D eigenvalue weighted by Gasteiger charge is 1.97. The van der Waals surface area contributed by atoms with Gasteiger partial charge in [-0.05, 0) is 12.1 Å². The van der Waals surface area contributed by atoms with E-state index in [0.29, 0.717) is 0 Å². The van der Waals surface area contributed by atoms with Crippen LogP contribution in [0.25, 0.3) is 0 Å². The summed E-state index contributed by atoms with van der Waals surface area (Å²) in [6.45, 7) is 0. The van der Waals surface area contributed by atoms with Crippen molar-refractivity contribution in [3.63, 3.8) is 0 Å². The minimum atomic E-state index is -0.496. The first kappa shape index (κ1) is 9.15. The van der Waals surface area contributed by atoms with Gasteiger partial charge in [0.05, 0.1) is 9.52 Å². The summed E-state index contributed by atoms with van der Waals surface area (Å²) < 4.78 is 12.9. The van der Waals surface area contributed by atoms with E-state index in [9.17, 15) is 4.39 Å². The maximum Gasteiger partial charge on any atom is 0.123 e. The molecule has 0 amide bonds. The predicted octanol–water partition coefficient (Wildman–Crippen LogP) is 0.945. The van der Waals surface area contributed by atoms with Crippen LogP contribution in [0.4, 0.5) is 4.39 Å². The van der Waals surface area contributed by atoms with E-state index in [1.54, 1.807) is 12.1 Å². The number of rotatable bonds is 2. The molecule has 2 aromatic rings. The molecular formula is C12H11FSi. The SMILES string of the molecule is Fc1cccc([SiH2]c2ccccc2)c1. The van der Waals surface area contributed by atoms with Crippen molar-refractivity contribution in [2.45, 2.75) is 0 Å². The lowest BCUT2D eigenvalue weighted by Crippen LogP contribution is -2.26. The molecule has 0 aliphatic carbocycles. The summed E-state index contributed by atoms with van der Waals surface area (Å²) in [5.74, 6) is -0.133. The molecule has 14 heavy (non-hydrogen) atoms. The molecule has 2 aromatic carbocycles. The Labute approximate surface area is 85.2 Å². The fraction of sp³-hybridized carbons (Fsp3) is 0. The highest BCUT2D eigenvalue weighted by atomic mass is 28.2. The zero-order valence-electron chi connectivity index (χ0n) is 7.78. The molecule has 0 spiro atoms. The molecule has 0 heterocycles. The van der Waals surface area contributed by atoms with Crippen LogP contribution in [0.3, 0.4) is 0 Å². The Morgan fingerprint density at radius 2 is 1.50 bits per heavy atom. The van der Waals surface area contributed by atoms with Gasteiger partial charge >= 0.3 is 0 Å². The second-order valence-electron chi connectivity index (χ2n) is 3.29. The Kier molecular flexibility index (Phi) is 2.75. The Morgan fingerprint density at radius 1 is 0.786 bits per heavy atom. The molecule has 0 saturated carbocycles. The first-order valence-corrected chi connectivity index (χ1v) is 6.04. The van der Waals surface area contributed by atoms with Crippen LogP contribution in [-0.4, -0.2) is 9.52 Å². The van der Waals surface area contributed by atoms with Gasteiger partial charge in [0, 0.05) is 0 Å². The molecule has 0 nitrogen and oxygen atoms in total. The Balaban J connectivity index is 2.19. The first-order chi connectivity index (χ1) is 6.84. The van der Waals surface area contributed by atoms with Gasteiger partial charge in [-0.25, -0.2) is 4.39 Å².